The van der Waals surface area contributed by atoms with Gasteiger partial charge in [0.15, 0.2) is 0 Å². The van der Waals surface area contributed by atoms with Crippen molar-refractivity contribution in [3.05, 3.63) is 174 Å². The van der Waals surface area contributed by atoms with Crippen LogP contribution >= 0.6 is 0 Å². The highest BCUT2D eigenvalue weighted by Gasteiger charge is 2.12. The van der Waals surface area contributed by atoms with Gasteiger partial charge in [0.2, 0.25) is 0 Å². The van der Waals surface area contributed by atoms with Crippen molar-refractivity contribution in [3.8, 4) is 0 Å². The molecule has 0 aliphatic rings. The molecule has 0 bridgehead atoms. The minimum atomic E-state index is -4.25. The van der Waals surface area contributed by atoms with Crippen molar-refractivity contribution in [1.29, 1.82) is 0 Å². The van der Waals surface area contributed by atoms with E-state index in [1.165, 1.54) is 28.8 Å². The van der Waals surface area contributed by atoms with E-state index in [9.17, 15) is 13.0 Å². The van der Waals surface area contributed by atoms with E-state index in [1.807, 2.05) is 79.7 Å². The molecule has 0 atom stereocenters. The van der Waals surface area contributed by atoms with Crippen molar-refractivity contribution in [2.24, 2.45) is 20.5 Å². The summed E-state index contributed by atoms with van der Waals surface area (Å²) >= 11 is 0. The normalized spacial score (nSPS) is 11.7. The Labute approximate surface area is 318 Å². The van der Waals surface area contributed by atoms with E-state index in [0.29, 0.717) is 13.1 Å². The van der Waals surface area contributed by atoms with E-state index in [0.717, 1.165) is 65.6 Å². The van der Waals surface area contributed by atoms with Gasteiger partial charge in [0.05, 0.1) is 27.6 Å². The molecule has 54 heavy (non-hydrogen) atoms. The maximum absolute atomic E-state index is 11.5. The zero-order valence-corrected chi connectivity index (χ0v) is 31.3. The summed E-state index contributed by atoms with van der Waals surface area (Å²) in [7, 11) is -4.25. The van der Waals surface area contributed by atoms with Crippen LogP contribution in [0.15, 0.2) is 177 Å². The first kappa shape index (κ1) is 37.8. The fourth-order valence-electron chi connectivity index (χ4n) is 6.04. The summed E-state index contributed by atoms with van der Waals surface area (Å²) in [5.74, 6) is 0. The van der Waals surface area contributed by atoms with E-state index >= 15 is 0 Å². The first-order valence-corrected chi connectivity index (χ1v) is 19.5. The van der Waals surface area contributed by atoms with Crippen molar-refractivity contribution in [3.63, 3.8) is 0 Å². The fraction of sp³-hybridized carbons (Fsp3) is 0.182. The van der Waals surface area contributed by atoms with Gasteiger partial charge in [-0.15, -0.1) is 0 Å². The lowest BCUT2D eigenvalue weighted by Gasteiger charge is -2.23. The van der Waals surface area contributed by atoms with Crippen molar-refractivity contribution in [2.45, 2.75) is 44.7 Å². The SMILES string of the molecule is CCN(Cc1ccccc1)c1ccc(/N=N/c2ccc(CCc3ccc(/N=N/c4ccc(N(CC)Cc5cccc(S(=O)(=O)O)c5)cc4)cc3)cc2)cc1. The highest BCUT2D eigenvalue weighted by atomic mass is 32.2. The summed E-state index contributed by atoms with van der Waals surface area (Å²) in [6.07, 6.45) is 1.81. The van der Waals surface area contributed by atoms with Crippen molar-refractivity contribution < 1.29 is 13.0 Å². The lowest BCUT2D eigenvalue weighted by molar-refractivity contribution is 0.483. The maximum atomic E-state index is 11.5. The van der Waals surface area contributed by atoms with Gasteiger partial charge in [-0.05, 0) is 134 Å². The van der Waals surface area contributed by atoms with Crippen LogP contribution in [0.1, 0.15) is 36.1 Å². The molecule has 10 heteroatoms. The minimum absolute atomic E-state index is 0.110. The van der Waals surface area contributed by atoms with Gasteiger partial charge in [0.25, 0.3) is 10.1 Å². The summed E-state index contributed by atoms with van der Waals surface area (Å²) in [5.41, 5.74) is 9.80. The van der Waals surface area contributed by atoms with Gasteiger partial charge >= 0.3 is 0 Å². The van der Waals surface area contributed by atoms with Gasteiger partial charge in [-0.2, -0.15) is 28.9 Å². The lowest BCUT2D eigenvalue weighted by Crippen LogP contribution is -2.22. The molecule has 0 heterocycles. The molecule has 1 N–H and O–H groups in total. The number of azo groups is 2. The van der Waals surface area contributed by atoms with E-state index in [-0.39, 0.29) is 4.90 Å². The van der Waals surface area contributed by atoms with Crippen LogP contribution in [-0.2, 0) is 36.0 Å². The predicted octanol–water partition coefficient (Wildman–Crippen LogP) is 11.6. The highest BCUT2D eigenvalue weighted by Crippen LogP contribution is 2.26. The van der Waals surface area contributed by atoms with Crippen molar-refractivity contribution >= 4 is 44.2 Å². The highest BCUT2D eigenvalue weighted by molar-refractivity contribution is 7.85. The molecule has 6 rings (SSSR count). The molecule has 0 spiro atoms. The molecule has 0 aliphatic carbocycles. The molecule has 0 saturated heterocycles. The number of anilines is 2. The minimum Gasteiger partial charge on any atom is -0.367 e. The Morgan fingerprint density at radius 1 is 0.463 bits per heavy atom. The largest absolute Gasteiger partial charge is 0.367 e. The molecule has 6 aromatic carbocycles. The predicted molar refractivity (Wildman–Crippen MR) is 218 cm³/mol. The molecule has 0 aliphatic heterocycles. The van der Waals surface area contributed by atoms with Crippen molar-refractivity contribution in [1.82, 2.24) is 0 Å². The molecule has 9 nitrogen and oxygen atoms in total. The number of benzene rings is 6. The molecule has 0 unspecified atom stereocenters. The van der Waals surface area contributed by atoms with Gasteiger partial charge in [0.1, 0.15) is 0 Å². The van der Waals surface area contributed by atoms with E-state index in [1.54, 1.807) is 6.07 Å². The molecule has 0 saturated carbocycles. The number of hydrogen-bond acceptors (Lipinski definition) is 8. The van der Waals surface area contributed by atoms with Gasteiger partial charge in [0, 0.05) is 37.6 Å². The molecular weight excluding hydrogens is 693 g/mol. The summed E-state index contributed by atoms with van der Waals surface area (Å²) in [5, 5.41) is 17.7. The molecule has 274 valence electrons. The number of rotatable bonds is 16. The second-order valence-electron chi connectivity index (χ2n) is 12.9. The zero-order valence-electron chi connectivity index (χ0n) is 30.5. The molecule has 0 fully saturated rings. The second kappa shape index (κ2) is 18.2. The molecule has 6 aromatic rings. The molecule has 0 radical (unpaired) electrons. The molecule has 0 aromatic heterocycles. The van der Waals surface area contributed by atoms with E-state index in [4.69, 9.17) is 0 Å². The smallest absolute Gasteiger partial charge is 0.294 e. The number of hydrogen-bond donors (Lipinski definition) is 1. The maximum Gasteiger partial charge on any atom is 0.294 e. The Balaban J connectivity index is 0.965. The van der Waals surface area contributed by atoms with Crippen LogP contribution in [0.2, 0.25) is 0 Å². The second-order valence-corrected chi connectivity index (χ2v) is 14.3. The lowest BCUT2D eigenvalue weighted by atomic mass is 10.0. The monoisotopic (exact) mass is 736 g/mol. The third-order valence-electron chi connectivity index (χ3n) is 9.12. The van der Waals surface area contributed by atoms with Crippen LogP contribution in [-0.4, -0.2) is 26.1 Å². The summed E-state index contributed by atoms with van der Waals surface area (Å²) < 4.78 is 32.5. The summed E-state index contributed by atoms with van der Waals surface area (Å²) in [6, 6.07) is 49.2. The number of nitrogens with zero attached hydrogens (tertiary/aromatic N) is 6. The Hall–Kier alpha value is -5.97. The Morgan fingerprint density at radius 3 is 1.26 bits per heavy atom. The third kappa shape index (κ3) is 10.8. The molecular formula is C44H44N6O3S. The van der Waals surface area contributed by atoms with Crippen LogP contribution in [0.4, 0.5) is 34.1 Å². The zero-order chi connectivity index (χ0) is 37.8. The van der Waals surface area contributed by atoms with Crippen LogP contribution < -0.4 is 9.80 Å². The Bertz CT molecular complexity index is 2260. The Kier molecular flexibility index (Phi) is 12.7. The topological polar surface area (TPSA) is 110 Å². The van der Waals surface area contributed by atoms with E-state index < -0.39 is 10.1 Å². The van der Waals surface area contributed by atoms with Gasteiger partial charge in [-0.3, -0.25) is 4.55 Å². The Morgan fingerprint density at radius 2 is 0.852 bits per heavy atom. The first-order valence-electron chi connectivity index (χ1n) is 18.1. The number of aryl methyl sites for hydroxylation is 2. The van der Waals surface area contributed by atoms with Crippen LogP contribution in [0.3, 0.4) is 0 Å². The van der Waals surface area contributed by atoms with Crippen LogP contribution in [0, 0.1) is 0 Å². The fourth-order valence-corrected chi connectivity index (χ4v) is 6.59. The summed E-state index contributed by atoms with van der Waals surface area (Å²) in [6.45, 7) is 7.19. The van der Waals surface area contributed by atoms with Crippen LogP contribution in [0.25, 0.3) is 0 Å². The summed E-state index contributed by atoms with van der Waals surface area (Å²) in [4.78, 5) is 4.34. The van der Waals surface area contributed by atoms with Crippen molar-refractivity contribution in [2.75, 3.05) is 22.9 Å². The van der Waals surface area contributed by atoms with Gasteiger partial charge in [-0.1, -0.05) is 66.7 Å². The average molecular weight is 737 g/mol. The van der Waals surface area contributed by atoms with Gasteiger partial charge < -0.3 is 9.80 Å². The third-order valence-corrected chi connectivity index (χ3v) is 9.97. The van der Waals surface area contributed by atoms with Crippen LogP contribution in [0.5, 0.6) is 0 Å². The average Bonchev–Trinajstić information content (AvgIpc) is 3.21. The van der Waals surface area contributed by atoms with E-state index in [2.05, 4.69) is 97.8 Å². The first-order chi connectivity index (χ1) is 26.2. The molecule has 0 amide bonds. The quantitative estimate of drug-likeness (QED) is 0.0785. The standard InChI is InChI=1S/C44H44N6O3S/c1-3-49(32-36-9-6-5-7-10-36)42-27-23-40(24-28-42)47-45-38-19-15-34(16-20-38)13-14-35-17-21-39(22-18-35)46-48-41-25-29-43(30-26-41)50(4-2)33-37-11-8-12-44(31-37)54(51,52)53/h5-12,15-31H,3-4,13-14,32-33H2,1-2H3,(H,51,52,53)/b47-45+,48-46+. The van der Waals surface area contributed by atoms with Gasteiger partial charge in [-0.25, -0.2) is 0 Å².